The Hall–Kier alpha value is -2.83. The Morgan fingerprint density at radius 1 is 1.22 bits per heavy atom. The van der Waals surface area contributed by atoms with Gasteiger partial charge in [0.25, 0.3) is 0 Å². The van der Waals surface area contributed by atoms with Crippen LogP contribution in [0, 0.1) is 6.92 Å². The van der Waals surface area contributed by atoms with Gasteiger partial charge in [0.2, 0.25) is 5.88 Å². The molecular formula is C20H26N4O3. The van der Waals surface area contributed by atoms with Gasteiger partial charge >= 0.3 is 6.03 Å². The van der Waals surface area contributed by atoms with Gasteiger partial charge in [0, 0.05) is 44.7 Å². The SMILES string of the molecule is COc1ccc(CCNC(=O)N2CCC(Oc3ccnc(C)n3)CC2)cc1. The van der Waals surface area contributed by atoms with Gasteiger partial charge in [-0.25, -0.2) is 9.78 Å². The van der Waals surface area contributed by atoms with Crippen LogP contribution >= 0.6 is 0 Å². The van der Waals surface area contributed by atoms with Crippen molar-refractivity contribution in [1.29, 1.82) is 0 Å². The van der Waals surface area contributed by atoms with Crippen LogP contribution in [0.4, 0.5) is 4.79 Å². The van der Waals surface area contributed by atoms with Crippen molar-refractivity contribution < 1.29 is 14.3 Å². The molecule has 144 valence electrons. The highest BCUT2D eigenvalue weighted by Crippen LogP contribution is 2.17. The number of aromatic nitrogens is 2. The van der Waals surface area contributed by atoms with E-state index in [0.29, 0.717) is 31.3 Å². The minimum atomic E-state index is -0.0140. The largest absolute Gasteiger partial charge is 0.497 e. The second kappa shape index (κ2) is 9.21. The number of urea groups is 1. The van der Waals surface area contributed by atoms with Crippen LogP contribution < -0.4 is 14.8 Å². The molecule has 0 atom stereocenters. The Labute approximate surface area is 159 Å². The number of carbonyl (C=O) groups excluding carboxylic acids is 1. The van der Waals surface area contributed by atoms with E-state index in [4.69, 9.17) is 9.47 Å². The molecule has 1 aliphatic rings. The molecule has 0 radical (unpaired) electrons. The Morgan fingerprint density at radius 2 is 1.96 bits per heavy atom. The molecule has 1 N–H and O–H groups in total. The molecule has 2 aromatic rings. The fraction of sp³-hybridized carbons (Fsp3) is 0.450. The first-order valence-corrected chi connectivity index (χ1v) is 9.26. The van der Waals surface area contributed by atoms with E-state index in [2.05, 4.69) is 15.3 Å². The Bertz CT molecular complexity index is 743. The second-order valence-electron chi connectivity index (χ2n) is 6.58. The van der Waals surface area contributed by atoms with Crippen molar-refractivity contribution in [2.75, 3.05) is 26.7 Å². The highest BCUT2D eigenvalue weighted by Gasteiger charge is 2.24. The molecule has 1 saturated heterocycles. The third-order valence-corrected chi connectivity index (χ3v) is 4.62. The lowest BCUT2D eigenvalue weighted by atomic mass is 10.1. The van der Waals surface area contributed by atoms with E-state index in [1.807, 2.05) is 36.1 Å². The van der Waals surface area contributed by atoms with Crippen molar-refractivity contribution in [3.63, 3.8) is 0 Å². The topological polar surface area (TPSA) is 76.6 Å². The number of ether oxygens (including phenoxy) is 2. The van der Waals surface area contributed by atoms with Gasteiger partial charge in [0.05, 0.1) is 7.11 Å². The van der Waals surface area contributed by atoms with Crippen LogP contribution in [-0.2, 0) is 6.42 Å². The fourth-order valence-corrected chi connectivity index (χ4v) is 3.07. The summed E-state index contributed by atoms with van der Waals surface area (Å²) in [5.74, 6) is 2.14. The lowest BCUT2D eigenvalue weighted by Gasteiger charge is -2.32. The fourth-order valence-electron chi connectivity index (χ4n) is 3.07. The van der Waals surface area contributed by atoms with Gasteiger partial charge in [-0.2, -0.15) is 4.98 Å². The molecule has 0 aliphatic carbocycles. The van der Waals surface area contributed by atoms with E-state index in [9.17, 15) is 4.79 Å². The molecule has 1 fully saturated rings. The molecule has 7 heteroatoms. The minimum absolute atomic E-state index is 0.0140. The molecule has 27 heavy (non-hydrogen) atoms. The number of aryl methyl sites for hydroxylation is 1. The minimum Gasteiger partial charge on any atom is -0.497 e. The monoisotopic (exact) mass is 370 g/mol. The van der Waals surface area contributed by atoms with Crippen LogP contribution in [0.1, 0.15) is 24.2 Å². The van der Waals surface area contributed by atoms with E-state index in [-0.39, 0.29) is 12.1 Å². The van der Waals surface area contributed by atoms with E-state index in [1.54, 1.807) is 19.4 Å². The predicted molar refractivity (Wildman–Crippen MR) is 102 cm³/mol. The zero-order chi connectivity index (χ0) is 19.1. The maximum Gasteiger partial charge on any atom is 0.317 e. The average molecular weight is 370 g/mol. The Balaban J connectivity index is 1.37. The molecule has 2 amide bonds. The van der Waals surface area contributed by atoms with Crippen molar-refractivity contribution in [3.8, 4) is 11.6 Å². The van der Waals surface area contributed by atoms with Gasteiger partial charge < -0.3 is 19.7 Å². The molecule has 1 aliphatic heterocycles. The van der Waals surface area contributed by atoms with Crippen LogP contribution in [0.2, 0.25) is 0 Å². The third-order valence-electron chi connectivity index (χ3n) is 4.62. The van der Waals surface area contributed by atoms with Crippen LogP contribution in [0.5, 0.6) is 11.6 Å². The lowest BCUT2D eigenvalue weighted by Crippen LogP contribution is -2.46. The number of hydrogen-bond donors (Lipinski definition) is 1. The normalized spacial score (nSPS) is 14.7. The van der Waals surface area contributed by atoms with Crippen LogP contribution in [0.25, 0.3) is 0 Å². The van der Waals surface area contributed by atoms with Crippen molar-refractivity contribution >= 4 is 6.03 Å². The standard InChI is InChI=1S/C20H26N4O3/c1-15-21-12-8-19(23-15)27-18-9-13-24(14-10-18)20(25)22-11-7-16-3-5-17(26-2)6-4-16/h3-6,8,12,18H,7,9-11,13-14H2,1-2H3,(H,22,25). The molecule has 1 aromatic carbocycles. The molecule has 0 bridgehead atoms. The number of nitrogens with zero attached hydrogens (tertiary/aromatic N) is 3. The summed E-state index contributed by atoms with van der Waals surface area (Å²) in [5.41, 5.74) is 1.17. The van der Waals surface area contributed by atoms with Crippen molar-refractivity contribution in [3.05, 3.63) is 47.9 Å². The summed E-state index contributed by atoms with van der Waals surface area (Å²) >= 11 is 0. The maximum atomic E-state index is 12.3. The summed E-state index contributed by atoms with van der Waals surface area (Å²) < 4.78 is 11.1. The highest BCUT2D eigenvalue weighted by molar-refractivity contribution is 5.74. The van der Waals surface area contributed by atoms with Gasteiger partial charge in [-0.05, 0) is 31.0 Å². The molecule has 0 spiro atoms. The van der Waals surface area contributed by atoms with E-state index in [1.165, 1.54) is 5.56 Å². The zero-order valence-corrected chi connectivity index (χ0v) is 15.9. The number of benzene rings is 1. The molecule has 2 heterocycles. The van der Waals surface area contributed by atoms with E-state index < -0.39 is 0 Å². The lowest BCUT2D eigenvalue weighted by molar-refractivity contribution is 0.107. The summed E-state index contributed by atoms with van der Waals surface area (Å²) in [6.45, 7) is 3.82. The first-order valence-electron chi connectivity index (χ1n) is 9.26. The summed E-state index contributed by atoms with van der Waals surface area (Å²) in [7, 11) is 1.65. The first kappa shape index (κ1) is 18.9. The van der Waals surface area contributed by atoms with Crippen molar-refractivity contribution in [1.82, 2.24) is 20.2 Å². The highest BCUT2D eigenvalue weighted by atomic mass is 16.5. The number of nitrogens with one attached hydrogen (secondary N) is 1. The summed E-state index contributed by atoms with van der Waals surface area (Å²) in [6, 6.07) is 9.65. The third kappa shape index (κ3) is 5.57. The molecule has 0 saturated carbocycles. The van der Waals surface area contributed by atoms with E-state index in [0.717, 1.165) is 25.0 Å². The van der Waals surface area contributed by atoms with E-state index >= 15 is 0 Å². The van der Waals surface area contributed by atoms with Crippen LogP contribution in [0.15, 0.2) is 36.5 Å². The molecule has 7 nitrogen and oxygen atoms in total. The number of methoxy groups -OCH3 is 1. The average Bonchev–Trinajstić information content (AvgIpc) is 2.69. The summed E-state index contributed by atoms with van der Waals surface area (Å²) in [5, 5.41) is 3.00. The van der Waals surface area contributed by atoms with Gasteiger partial charge in [-0.3, -0.25) is 0 Å². The first-order chi connectivity index (χ1) is 13.1. The Kier molecular flexibility index (Phi) is 6.46. The van der Waals surface area contributed by atoms with Crippen LogP contribution in [-0.4, -0.2) is 53.7 Å². The van der Waals surface area contributed by atoms with Gasteiger partial charge in [-0.1, -0.05) is 12.1 Å². The molecular weight excluding hydrogens is 344 g/mol. The maximum absolute atomic E-state index is 12.3. The number of rotatable bonds is 6. The molecule has 0 unspecified atom stereocenters. The Morgan fingerprint density at radius 3 is 2.63 bits per heavy atom. The number of hydrogen-bond acceptors (Lipinski definition) is 5. The van der Waals surface area contributed by atoms with Gasteiger partial charge in [-0.15, -0.1) is 0 Å². The molecule has 1 aromatic heterocycles. The number of carbonyl (C=O) groups is 1. The van der Waals surface area contributed by atoms with Gasteiger partial charge in [0.15, 0.2) is 0 Å². The predicted octanol–water partition coefficient (Wildman–Crippen LogP) is 2.59. The zero-order valence-electron chi connectivity index (χ0n) is 15.9. The quantitative estimate of drug-likeness (QED) is 0.846. The van der Waals surface area contributed by atoms with Crippen molar-refractivity contribution in [2.45, 2.75) is 32.3 Å². The molecule has 3 rings (SSSR count). The second-order valence-corrected chi connectivity index (χ2v) is 6.58. The summed E-state index contributed by atoms with van der Waals surface area (Å²) in [6.07, 6.45) is 4.18. The number of amides is 2. The number of likely N-dealkylation sites (tertiary alicyclic amines) is 1. The smallest absolute Gasteiger partial charge is 0.317 e. The number of piperidine rings is 1. The summed E-state index contributed by atoms with van der Waals surface area (Å²) in [4.78, 5) is 22.5. The van der Waals surface area contributed by atoms with Gasteiger partial charge in [0.1, 0.15) is 17.7 Å². The van der Waals surface area contributed by atoms with Crippen molar-refractivity contribution in [2.24, 2.45) is 0 Å². The van der Waals surface area contributed by atoms with Crippen LogP contribution in [0.3, 0.4) is 0 Å².